The van der Waals surface area contributed by atoms with Crippen LogP contribution in [0.15, 0.2) is 33.9 Å². The van der Waals surface area contributed by atoms with E-state index in [1.165, 1.54) is 12.3 Å². The molecule has 0 unspecified atom stereocenters. The van der Waals surface area contributed by atoms with Gasteiger partial charge in [0.25, 0.3) is 0 Å². The lowest BCUT2D eigenvalue weighted by atomic mass is 10.1. The molecule has 0 radical (unpaired) electrons. The maximum Gasteiger partial charge on any atom is 0.244 e. The van der Waals surface area contributed by atoms with Gasteiger partial charge >= 0.3 is 0 Å². The fourth-order valence-electron chi connectivity index (χ4n) is 2.75. The number of carbonyl (C=O) groups is 1. The Balaban J connectivity index is 1.98. The number of nitrogens with one attached hydrogen (secondary N) is 1. The summed E-state index contributed by atoms with van der Waals surface area (Å²) in [6, 6.07) is 4.84. The number of nitrogens with zero attached hydrogens (tertiary/aromatic N) is 1. The number of hydrogen-bond donors (Lipinski definition) is 2. The van der Waals surface area contributed by atoms with Gasteiger partial charge in [-0.15, -0.1) is 0 Å². The fourth-order valence-corrected chi connectivity index (χ4v) is 3.02. The van der Waals surface area contributed by atoms with Gasteiger partial charge in [0.15, 0.2) is 11.5 Å². The lowest BCUT2D eigenvalue weighted by Gasteiger charge is -2.06. The Bertz CT molecular complexity index is 682. The van der Waals surface area contributed by atoms with E-state index in [0.717, 1.165) is 0 Å². The molecule has 0 bridgehead atoms. The summed E-state index contributed by atoms with van der Waals surface area (Å²) >= 11 is 11.4. The Kier molecular flexibility index (Phi) is 5.78. The van der Waals surface area contributed by atoms with Crippen molar-refractivity contribution < 1.29 is 14.6 Å². The Hall–Kier alpha value is -1.72. The third-order valence-electron chi connectivity index (χ3n) is 4.17. The van der Waals surface area contributed by atoms with Crippen LogP contribution in [0, 0.1) is 17.3 Å². The molecule has 5 nitrogen and oxygen atoms in total. The molecule has 7 heteroatoms. The van der Waals surface area contributed by atoms with E-state index in [1.54, 1.807) is 18.2 Å². The van der Waals surface area contributed by atoms with Crippen LogP contribution in [0.4, 0.5) is 0 Å². The van der Waals surface area contributed by atoms with Crippen molar-refractivity contribution in [1.29, 1.82) is 0 Å². The molecule has 0 saturated heterocycles. The third-order valence-corrected chi connectivity index (χ3v) is 4.42. The van der Waals surface area contributed by atoms with E-state index in [1.807, 2.05) is 20.8 Å². The molecular weight excluding hydrogens is 351 g/mol. The van der Waals surface area contributed by atoms with Crippen LogP contribution in [0.1, 0.15) is 26.3 Å². The molecule has 1 saturated carbocycles. The SMILES string of the molecule is CCOc1cc(/C=N\NC(=O)[C@H]2[C@H](C=C(Cl)Cl)C2(C)C)ccc1O. The zero-order chi connectivity index (χ0) is 17.9. The Labute approximate surface area is 151 Å². The normalized spacial score (nSPS) is 21.4. The number of hydrazone groups is 1. The molecular formula is C17H20Cl2N2O3. The second kappa shape index (κ2) is 7.45. The first-order valence-electron chi connectivity index (χ1n) is 7.59. The average Bonchev–Trinajstić information content (AvgIpc) is 3.02. The Morgan fingerprint density at radius 3 is 2.79 bits per heavy atom. The molecule has 0 aromatic heterocycles. The van der Waals surface area contributed by atoms with Gasteiger partial charge in [-0.1, -0.05) is 37.0 Å². The van der Waals surface area contributed by atoms with E-state index in [9.17, 15) is 9.90 Å². The zero-order valence-electron chi connectivity index (χ0n) is 13.7. The van der Waals surface area contributed by atoms with Crippen LogP contribution in [0.5, 0.6) is 11.5 Å². The number of halogens is 2. The topological polar surface area (TPSA) is 70.9 Å². The number of rotatable bonds is 6. The first kappa shape index (κ1) is 18.6. The van der Waals surface area contributed by atoms with Crippen molar-refractivity contribution in [2.24, 2.45) is 22.4 Å². The summed E-state index contributed by atoms with van der Waals surface area (Å²) in [6.45, 7) is 6.23. The van der Waals surface area contributed by atoms with Crippen LogP contribution in [0.3, 0.4) is 0 Å². The van der Waals surface area contributed by atoms with E-state index >= 15 is 0 Å². The average molecular weight is 371 g/mol. The van der Waals surface area contributed by atoms with Crippen molar-refractivity contribution >= 4 is 35.3 Å². The van der Waals surface area contributed by atoms with Crippen molar-refractivity contribution in [2.45, 2.75) is 20.8 Å². The highest BCUT2D eigenvalue weighted by Crippen LogP contribution is 2.59. The number of allylic oxidation sites excluding steroid dienone is 1. The minimum atomic E-state index is -0.221. The van der Waals surface area contributed by atoms with Crippen molar-refractivity contribution in [3.63, 3.8) is 0 Å². The number of aromatic hydroxyl groups is 1. The fraction of sp³-hybridized carbons (Fsp3) is 0.412. The summed E-state index contributed by atoms with van der Waals surface area (Å²) in [5.74, 6) is 0.0242. The molecule has 1 aromatic carbocycles. The van der Waals surface area contributed by atoms with Gasteiger partial charge in [0, 0.05) is 0 Å². The van der Waals surface area contributed by atoms with Crippen molar-refractivity contribution in [3.8, 4) is 11.5 Å². The molecule has 0 aliphatic heterocycles. The van der Waals surface area contributed by atoms with Crippen molar-refractivity contribution in [1.82, 2.24) is 5.43 Å². The second-order valence-electron chi connectivity index (χ2n) is 6.18. The van der Waals surface area contributed by atoms with Crippen LogP contribution in [0.25, 0.3) is 0 Å². The molecule has 130 valence electrons. The number of hydrogen-bond acceptors (Lipinski definition) is 4. The summed E-state index contributed by atoms with van der Waals surface area (Å²) in [4.78, 5) is 12.2. The van der Waals surface area contributed by atoms with Gasteiger partial charge in [-0.25, -0.2) is 5.43 Å². The van der Waals surface area contributed by atoms with Gasteiger partial charge in [0.05, 0.1) is 18.7 Å². The summed E-state index contributed by atoms with van der Waals surface area (Å²) in [5.41, 5.74) is 3.03. The monoisotopic (exact) mass is 370 g/mol. The number of ether oxygens (including phenoxy) is 1. The molecule has 1 aromatic rings. The van der Waals surface area contributed by atoms with E-state index in [2.05, 4.69) is 10.5 Å². The maximum absolute atomic E-state index is 12.2. The molecule has 1 amide bonds. The predicted molar refractivity (Wildman–Crippen MR) is 95.6 cm³/mol. The van der Waals surface area contributed by atoms with Crippen molar-refractivity contribution in [3.05, 3.63) is 34.3 Å². The summed E-state index contributed by atoms with van der Waals surface area (Å²) in [5, 5.41) is 13.6. The van der Waals surface area contributed by atoms with Crippen molar-refractivity contribution in [2.75, 3.05) is 6.61 Å². The number of phenols is 1. The second-order valence-corrected chi connectivity index (χ2v) is 7.18. The first-order valence-corrected chi connectivity index (χ1v) is 8.34. The number of amides is 1. The van der Waals surface area contributed by atoms with Gasteiger partial charge in [0.2, 0.25) is 5.91 Å². The van der Waals surface area contributed by atoms with Crippen LogP contribution in [-0.2, 0) is 4.79 Å². The van der Waals surface area contributed by atoms with Gasteiger partial charge in [-0.3, -0.25) is 4.79 Å². The summed E-state index contributed by atoms with van der Waals surface area (Å²) < 4.78 is 5.47. The Morgan fingerprint density at radius 1 is 1.46 bits per heavy atom. The van der Waals surface area contributed by atoms with Gasteiger partial charge in [-0.05, 0) is 48.1 Å². The van der Waals surface area contributed by atoms with Crippen LogP contribution >= 0.6 is 23.2 Å². The number of phenolic OH excluding ortho intramolecular Hbond substituents is 1. The molecule has 1 aliphatic rings. The quantitative estimate of drug-likeness (QED) is 0.590. The molecule has 0 spiro atoms. The molecule has 2 N–H and O–H groups in total. The standard InChI is InChI=1S/C17H20Cl2N2O3/c1-4-24-13-7-10(5-6-12(13)22)9-20-21-16(23)15-11(8-14(18)19)17(15,2)3/h5-9,11,15,22H,4H2,1-3H3,(H,21,23)/b20-9-/t11-,15+/m0/s1. The maximum atomic E-state index is 12.2. The predicted octanol–water partition coefficient (Wildman–Crippen LogP) is 3.83. The molecule has 1 fully saturated rings. The smallest absolute Gasteiger partial charge is 0.244 e. The number of carbonyl (C=O) groups excluding carboxylic acids is 1. The highest BCUT2D eigenvalue weighted by atomic mass is 35.5. The van der Waals surface area contributed by atoms with Crippen LogP contribution in [0.2, 0.25) is 0 Å². The van der Waals surface area contributed by atoms with Crippen LogP contribution < -0.4 is 10.2 Å². The Morgan fingerprint density at radius 2 is 2.17 bits per heavy atom. The van der Waals surface area contributed by atoms with E-state index in [-0.39, 0.29) is 33.4 Å². The minimum absolute atomic E-state index is 0.00377. The first-order chi connectivity index (χ1) is 11.3. The van der Waals surface area contributed by atoms with Gasteiger partial charge < -0.3 is 9.84 Å². The van der Waals surface area contributed by atoms with E-state index in [4.69, 9.17) is 27.9 Å². The third kappa shape index (κ3) is 4.22. The van der Waals surface area contributed by atoms with E-state index in [0.29, 0.717) is 17.9 Å². The van der Waals surface area contributed by atoms with Gasteiger partial charge in [0.1, 0.15) is 4.49 Å². The molecule has 0 heterocycles. The lowest BCUT2D eigenvalue weighted by molar-refractivity contribution is -0.123. The number of benzene rings is 1. The lowest BCUT2D eigenvalue weighted by Crippen LogP contribution is -2.21. The highest BCUT2D eigenvalue weighted by Gasteiger charge is 2.60. The van der Waals surface area contributed by atoms with E-state index < -0.39 is 0 Å². The molecule has 2 rings (SSSR count). The van der Waals surface area contributed by atoms with Crippen LogP contribution in [-0.4, -0.2) is 23.8 Å². The zero-order valence-corrected chi connectivity index (χ0v) is 15.2. The molecule has 2 atom stereocenters. The molecule has 1 aliphatic carbocycles. The van der Waals surface area contributed by atoms with Gasteiger partial charge in [-0.2, -0.15) is 5.10 Å². The largest absolute Gasteiger partial charge is 0.504 e. The minimum Gasteiger partial charge on any atom is -0.504 e. The summed E-state index contributed by atoms with van der Waals surface area (Å²) in [7, 11) is 0. The summed E-state index contributed by atoms with van der Waals surface area (Å²) in [6.07, 6.45) is 3.18. The molecule has 24 heavy (non-hydrogen) atoms. The highest BCUT2D eigenvalue weighted by molar-refractivity contribution is 6.55.